The fraction of sp³-hybridized carbons (Fsp3) is 0.286. The number of hydrogen-bond acceptors (Lipinski definition) is 6. The van der Waals surface area contributed by atoms with E-state index in [4.69, 9.17) is 4.42 Å². The summed E-state index contributed by atoms with van der Waals surface area (Å²) in [7, 11) is 0. The van der Waals surface area contributed by atoms with E-state index < -0.39 is 23.3 Å². The Hall–Kier alpha value is -2.36. The number of allylic oxidation sites excluding steroid dienone is 1. The lowest BCUT2D eigenvalue weighted by Gasteiger charge is -1.98. The third-order valence-corrected chi connectivity index (χ3v) is 3.80. The standard InChI is InChI=1S/C14H12F3N3O3S/c15-11(13(16)17)7-8-24-14-19-18-12(23-14)6-3-9-1-4-10(5-2-9)20(21)22/h1-2,4-5H,3,6-8H2. The van der Waals surface area contributed by atoms with Crippen molar-refractivity contribution in [2.24, 2.45) is 0 Å². The summed E-state index contributed by atoms with van der Waals surface area (Å²) >= 11 is 0.991. The topological polar surface area (TPSA) is 82.1 Å². The Kier molecular flexibility index (Phi) is 6.36. The van der Waals surface area contributed by atoms with Crippen molar-refractivity contribution < 1.29 is 22.5 Å². The summed E-state index contributed by atoms with van der Waals surface area (Å²) in [4.78, 5) is 10.1. The smallest absolute Gasteiger partial charge is 0.301 e. The van der Waals surface area contributed by atoms with Gasteiger partial charge in [-0.1, -0.05) is 23.9 Å². The van der Waals surface area contributed by atoms with Gasteiger partial charge in [-0.15, -0.1) is 10.2 Å². The van der Waals surface area contributed by atoms with Crippen molar-refractivity contribution in [2.45, 2.75) is 24.5 Å². The van der Waals surface area contributed by atoms with Gasteiger partial charge in [0.1, 0.15) is 0 Å². The molecule has 10 heteroatoms. The van der Waals surface area contributed by atoms with Gasteiger partial charge in [-0.3, -0.25) is 10.1 Å². The normalized spacial score (nSPS) is 10.6. The van der Waals surface area contributed by atoms with Crippen LogP contribution in [0, 0.1) is 10.1 Å². The van der Waals surface area contributed by atoms with Crippen LogP contribution < -0.4 is 0 Å². The van der Waals surface area contributed by atoms with Crippen LogP contribution in [0.3, 0.4) is 0 Å². The molecule has 2 aromatic rings. The lowest BCUT2D eigenvalue weighted by Crippen LogP contribution is -1.93. The molecular formula is C14H12F3N3O3S. The summed E-state index contributed by atoms with van der Waals surface area (Å²) in [5.74, 6) is -1.03. The van der Waals surface area contributed by atoms with Crippen LogP contribution in [0.5, 0.6) is 0 Å². The highest BCUT2D eigenvalue weighted by Crippen LogP contribution is 2.22. The third kappa shape index (κ3) is 5.37. The van der Waals surface area contributed by atoms with E-state index in [0.29, 0.717) is 18.7 Å². The van der Waals surface area contributed by atoms with Crippen molar-refractivity contribution in [1.82, 2.24) is 10.2 Å². The van der Waals surface area contributed by atoms with E-state index in [0.717, 1.165) is 17.3 Å². The van der Waals surface area contributed by atoms with E-state index in [1.807, 2.05) is 0 Å². The van der Waals surface area contributed by atoms with Gasteiger partial charge in [-0.2, -0.15) is 8.78 Å². The molecular weight excluding hydrogens is 347 g/mol. The number of thioether (sulfide) groups is 1. The number of aryl methyl sites for hydroxylation is 2. The molecule has 0 amide bonds. The van der Waals surface area contributed by atoms with Crippen LogP contribution in [0.2, 0.25) is 0 Å². The van der Waals surface area contributed by atoms with Crippen LogP contribution in [-0.2, 0) is 12.8 Å². The van der Waals surface area contributed by atoms with Crippen molar-refractivity contribution in [3.63, 3.8) is 0 Å². The van der Waals surface area contributed by atoms with Gasteiger partial charge in [0.25, 0.3) is 10.9 Å². The van der Waals surface area contributed by atoms with E-state index in [2.05, 4.69) is 10.2 Å². The maximum absolute atomic E-state index is 12.6. The quantitative estimate of drug-likeness (QED) is 0.396. The molecule has 0 saturated heterocycles. The average Bonchev–Trinajstić information content (AvgIpc) is 3.01. The van der Waals surface area contributed by atoms with Crippen LogP contribution in [0.25, 0.3) is 0 Å². The fourth-order valence-corrected chi connectivity index (χ4v) is 2.47. The van der Waals surface area contributed by atoms with Crippen molar-refractivity contribution in [3.8, 4) is 0 Å². The predicted octanol–water partition coefficient (Wildman–Crippen LogP) is 4.32. The summed E-state index contributed by atoms with van der Waals surface area (Å²) in [5, 5.41) is 18.3. The van der Waals surface area contributed by atoms with Crippen LogP contribution in [0.4, 0.5) is 18.9 Å². The van der Waals surface area contributed by atoms with Gasteiger partial charge in [-0.05, 0) is 12.0 Å². The number of aromatic nitrogens is 2. The van der Waals surface area contributed by atoms with Crippen molar-refractivity contribution in [3.05, 3.63) is 57.7 Å². The summed E-state index contributed by atoms with van der Waals surface area (Å²) in [5.41, 5.74) is 0.889. The SMILES string of the molecule is O=[N+]([O-])c1ccc(CCc2nnc(SCCC(F)=C(F)F)o2)cc1. The van der Waals surface area contributed by atoms with E-state index in [9.17, 15) is 23.3 Å². The molecule has 0 atom stereocenters. The summed E-state index contributed by atoms with van der Waals surface area (Å²) in [6.45, 7) is 0. The molecule has 1 aromatic heterocycles. The molecule has 0 aliphatic carbocycles. The average molecular weight is 359 g/mol. The Balaban J connectivity index is 1.81. The molecule has 0 aliphatic rings. The monoisotopic (exact) mass is 359 g/mol. The van der Waals surface area contributed by atoms with Gasteiger partial charge in [-0.25, -0.2) is 4.39 Å². The molecule has 6 nitrogen and oxygen atoms in total. The Bertz CT molecular complexity index is 730. The lowest BCUT2D eigenvalue weighted by atomic mass is 10.1. The van der Waals surface area contributed by atoms with E-state index >= 15 is 0 Å². The predicted molar refractivity (Wildman–Crippen MR) is 80.5 cm³/mol. The second kappa shape index (κ2) is 8.48. The number of nitro benzene ring substituents is 1. The Morgan fingerprint density at radius 3 is 2.50 bits per heavy atom. The second-order valence-electron chi connectivity index (χ2n) is 4.65. The first-order valence-electron chi connectivity index (χ1n) is 6.84. The van der Waals surface area contributed by atoms with Gasteiger partial charge in [0, 0.05) is 30.7 Å². The summed E-state index contributed by atoms with van der Waals surface area (Å²) in [6, 6.07) is 6.11. The van der Waals surface area contributed by atoms with Crippen LogP contribution in [-0.4, -0.2) is 20.9 Å². The highest BCUT2D eigenvalue weighted by molar-refractivity contribution is 7.99. The number of benzene rings is 1. The summed E-state index contributed by atoms with van der Waals surface area (Å²) in [6.07, 6.45) is -1.74. The molecule has 1 heterocycles. The number of rotatable bonds is 8. The van der Waals surface area contributed by atoms with E-state index in [-0.39, 0.29) is 16.7 Å². The molecule has 0 saturated carbocycles. The van der Waals surface area contributed by atoms with Crippen molar-refractivity contribution in [1.29, 1.82) is 0 Å². The second-order valence-corrected chi connectivity index (χ2v) is 5.70. The van der Waals surface area contributed by atoms with Crippen molar-refractivity contribution >= 4 is 17.4 Å². The molecule has 1 aromatic carbocycles. The molecule has 0 radical (unpaired) electrons. The molecule has 0 spiro atoms. The van der Waals surface area contributed by atoms with Gasteiger partial charge < -0.3 is 4.42 Å². The number of nitro groups is 1. The minimum absolute atomic E-state index is 0.0150. The van der Waals surface area contributed by atoms with Crippen LogP contribution in [0.15, 0.2) is 45.8 Å². The summed E-state index contributed by atoms with van der Waals surface area (Å²) < 4.78 is 41.7. The zero-order valence-electron chi connectivity index (χ0n) is 12.2. The van der Waals surface area contributed by atoms with Gasteiger partial charge in [0.15, 0.2) is 5.83 Å². The highest BCUT2D eigenvalue weighted by atomic mass is 32.2. The minimum atomic E-state index is -2.31. The molecule has 24 heavy (non-hydrogen) atoms. The zero-order valence-corrected chi connectivity index (χ0v) is 13.1. The van der Waals surface area contributed by atoms with Gasteiger partial charge in [0.2, 0.25) is 5.89 Å². The molecule has 0 bridgehead atoms. The first-order valence-corrected chi connectivity index (χ1v) is 7.82. The first kappa shape index (κ1) is 18.0. The maximum atomic E-state index is 12.6. The third-order valence-electron chi connectivity index (χ3n) is 2.98. The lowest BCUT2D eigenvalue weighted by molar-refractivity contribution is -0.384. The Morgan fingerprint density at radius 2 is 1.88 bits per heavy atom. The highest BCUT2D eigenvalue weighted by Gasteiger charge is 2.10. The molecule has 128 valence electrons. The van der Waals surface area contributed by atoms with Crippen molar-refractivity contribution in [2.75, 3.05) is 5.75 Å². The van der Waals surface area contributed by atoms with E-state index in [1.165, 1.54) is 12.1 Å². The maximum Gasteiger partial charge on any atom is 0.301 e. The molecule has 0 N–H and O–H groups in total. The number of non-ortho nitro benzene ring substituents is 1. The van der Waals surface area contributed by atoms with Crippen LogP contribution >= 0.6 is 11.8 Å². The largest absolute Gasteiger partial charge is 0.416 e. The fourth-order valence-electron chi connectivity index (χ4n) is 1.76. The number of halogens is 3. The van der Waals surface area contributed by atoms with Gasteiger partial charge >= 0.3 is 6.08 Å². The number of hydrogen-bond donors (Lipinski definition) is 0. The van der Waals surface area contributed by atoms with E-state index in [1.54, 1.807) is 12.1 Å². The molecule has 2 rings (SSSR count). The molecule has 0 aliphatic heterocycles. The first-order chi connectivity index (χ1) is 11.5. The van der Waals surface area contributed by atoms with Crippen LogP contribution in [0.1, 0.15) is 17.9 Å². The number of nitrogens with zero attached hydrogens (tertiary/aromatic N) is 3. The minimum Gasteiger partial charge on any atom is -0.416 e. The Morgan fingerprint density at radius 1 is 1.17 bits per heavy atom. The molecule has 0 unspecified atom stereocenters. The van der Waals surface area contributed by atoms with Gasteiger partial charge in [0.05, 0.1) is 4.92 Å². The zero-order chi connectivity index (χ0) is 17.5. The molecule has 0 fully saturated rings. The Labute approximate surface area is 138 Å².